The molecule has 1 aliphatic carbocycles. The number of fused-ring (bicyclic) bond motifs is 1. The average molecular weight is 342 g/mol. The van der Waals surface area contributed by atoms with E-state index >= 15 is 0 Å². The van der Waals surface area contributed by atoms with Crippen molar-refractivity contribution < 1.29 is 0 Å². The molecule has 0 aromatic rings. The standard InChI is InChI=1S/C7H5BrINS/c8-7(9)2-1-5-6(3-7)11-4-10-5/h1-3H,4H2. The first-order valence-corrected chi connectivity index (χ1v) is 6.01. The van der Waals surface area contributed by atoms with Crippen LogP contribution in [0.1, 0.15) is 0 Å². The molecule has 0 saturated heterocycles. The van der Waals surface area contributed by atoms with Gasteiger partial charge in [0.25, 0.3) is 0 Å². The molecule has 0 N–H and O–H groups in total. The third-order valence-corrected chi connectivity index (χ3v) is 3.55. The van der Waals surface area contributed by atoms with E-state index in [1.807, 2.05) is 0 Å². The highest BCUT2D eigenvalue weighted by molar-refractivity contribution is 14.1. The summed E-state index contributed by atoms with van der Waals surface area (Å²) in [4.78, 5) is 5.63. The maximum Gasteiger partial charge on any atom is 0.115 e. The summed E-state index contributed by atoms with van der Waals surface area (Å²) >= 11 is 7.74. The van der Waals surface area contributed by atoms with Gasteiger partial charge in [-0.1, -0.05) is 44.6 Å². The van der Waals surface area contributed by atoms with E-state index < -0.39 is 0 Å². The zero-order chi connectivity index (χ0) is 7.90. The van der Waals surface area contributed by atoms with Crippen LogP contribution in [0.2, 0.25) is 0 Å². The third-order valence-electron chi connectivity index (χ3n) is 1.49. The third kappa shape index (κ3) is 1.72. The van der Waals surface area contributed by atoms with Gasteiger partial charge in [-0.25, -0.2) is 0 Å². The van der Waals surface area contributed by atoms with Crippen LogP contribution >= 0.6 is 50.3 Å². The molecule has 0 bridgehead atoms. The van der Waals surface area contributed by atoms with E-state index in [4.69, 9.17) is 0 Å². The van der Waals surface area contributed by atoms with E-state index in [0.717, 1.165) is 11.6 Å². The predicted octanol–water partition coefficient (Wildman–Crippen LogP) is 3.11. The molecule has 0 aromatic heterocycles. The first-order chi connectivity index (χ1) is 5.17. The minimum atomic E-state index is 0.0104. The molecule has 0 saturated carbocycles. The van der Waals surface area contributed by atoms with E-state index in [-0.39, 0.29) is 2.33 Å². The van der Waals surface area contributed by atoms with Gasteiger partial charge in [-0.05, 0) is 12.2 Å². The minimum Gasteiger partial charge on any atom is -0.273 e. The molecule has 1 unspecified atom stereocenters. The summed E-state index contributed by atoms with van der Waals surface area (Å²) < 4.78 is 0.0104. The van der Waals surface area contributed by atoms with Crippen LogP contribution in [-0.4, -0.2) is 13.9 Å². The SMILES string of the molecule is BrC1(I)C=CC2=NCSC2=C1. The Kier molecular flexibility index (Phi) is 2.18. The van der Waals surface area contributed by atoms with E-state index in [9.17, 15) is 0 Å². The van der Waals surface area contributed by atoms with E-state index in [1.165, 1.54) is 4.91 Å². The monoisotopic (exact) mass is 341 g/mol. The lowest BCUT2D eigenvalue weighted by molar-refractivity contribution is 1.37. The molecule has 2 aliphatic rings. The molecule has 1 heterocycles. The Hall–Kier alpha value is 0.710. The second-order valence-electron chi connectivity index (χ2n) is 2.33. The Morgan fingerprint density at radius 1 is 1.73 bits per heavy atom. The van der Waals surface area contributed by atoms with Crippen molar-refractivity contribution in [3.8, 4) is 0 Å². The average Bonchev–Trinajstić information content (AvgIpc) is 2.31. The number of hydrogen-bond donors (Lipinski definition) is 0. The van der Waals surface area contributed by atoms with Gasteiger partial charge in [0.15, 0.2) is 0 Å². The van der Waals surface area contributed by atoms with Crippen LogP contribution in [0.25, 0.3) is 0 Å². The zero-order valence-corrected chi connectivity index (χ0v) is 10.1. The molecule has 1 atom stereocenters. The lowest BCUT2D eigenvalue weighted by atomic mass is 10.2. The summed E-state index contributed by atoms with van der Waals surface area (Å²) in [5.74, 6) is 0.880. The van der Waals surface area contributed by atoms with Crippen molar-refractivity contribution in [1.82, 2.24) is 0 Å². The van der Waals surface area contributed by atoms with Crippen molar-refractivity contribution in [3.05, 3.63) is 23.1 Å². The second kappa shape index (κ2) is 2.88. The van der Waals surface area contributed by atoms with Crippen molar-refractivity contribution in [2.45, 2.75) is 2.33 Å². The zero-order valence-electron chi connectivity index (χ0n) is 5.55. The molecular weight excluding hydrogens is 337 g/mol. The van der Waals surface area contributed by atoms with Gasteiger partial charge in [-0.2, -0.15) is 0 Å². The van der Waals surface area contributed by atoms with Crippen molar-refractivity contribution in [2.75, 3.05) is 5.88 Å². The summed E-state index contributed by atoms with van der Waals surface area (Å²) in [7, 11) is 0. The van der Waals surface area contributed by atoms with Crippen LogP contribution in [0.4, 0.5) is 0 Å². The van der Waals surface area contributed by atoms with Crippen molar-refractivity contribution >= 4 is 56.0 Å². The van der Waals surface area contributed by atoms with Crippen LogP contribution in [0.3, 0.4) is 0 Å². The van der Waals surface area contributed by atoms with Crippen molar-refractivity contribution in [2.24, 2.45) is 4.99 Å². The molecular formula is C7H5BrINS. The minimum absolute atomic E-state index is 0.0104. The topological polar surface area (TPSA) is 12.4 Å². The van der Waals surface area contributed by atoms with Crippen molar-refractivity contribution in [3.63, 3.8) is 0 Å². The summed E-state index contributed by atoms with van der Waals surface area (Å²) in [5.41, 5.74) is 1.14. The maximum atomic E-state index is 4.32. The highest BCUT2D eigenvalue weighted by Gasteiger charge is 2.24. The largest absolute Gasteiger partial charge is 0.273 e. The van der Waals surface area contributed by atoms with Gasteiger partial charge in [-0.15, -0.1) is 11.8 Å². The van der Waals surface area contributed by atoms with Crippen molar-refractivity contribution in [1.29, 1.82) is 0 Å². The Morgan fingerprint density at radius 2 is 2.55 bits per heavy atom. The fourth-order valence-electron chi connectivity index (χ4n) is 0.987. The van der Waals surface area contributed by atoms with Gasteiger partial charge in [-0.3, -0.25) is 4.99 Å². The summed E-state index contributed by atoms with van der Waals surface area (Å²) in [6, 6.07) is 0. The van der Waals surface area contributed by atoms with Gasteiger partial charge >= 0.3 is 0 Å². The Labute approximate surface area is 91.7 Å². The number of aliphatic imine (C=N–C) groups is 1. The Morgan fingerprint density at radius 3 is 3.36 bits per heavy atom. The van der Waals surface area contributed by atoms with Gasteiger partial charge in [0.05, 0.1) is 11.6 Å². The number of thioether (sulfide) groups is 1. The fourth-order valence-corrected chi connectivity index (χ4v) is 3.09. The molecule has 2 rings (SSSR count). The number of hydrogen-bond acceptors (Lipinski definition) is 2. The number of alkyl halides is 2. The first-order valence-electron chi connectivity index (χ1n) is 3.15. The molecule has 11 heavy (non-hydrogen) atoms. The lowest BCUT2D eigenvalue weighted by Gasteiger charge is -2.15. The van der Waals surface area contributed by atoms with E-state index in [1.54, 1.807) is 11.8 Å². The molecule has 58 valence electrons. The van der Waals surface area contributed by atoms with Gasteiger partial charge in [0.1, 0.15) is 2.33 Å². The molecule has 4 heteroatoms. The van der Waals surface area contributed by atoms with Gasteiger partial charge < -0.3 is 0 Å². The Balaban J connectivity index is 2.39. The number of halogens is 2. The van der Waals surface area contributed by atoms with Gasteiger partial charge in [0.2, 0.25) is 0 Å². The fraction of sp³-hybridized carbons (Fsp3) is 0.286. The summed E-state index contributed by atoms with van der Waals surface area (Å²) in [6.45, 7) is 0. The molecule has 1 nitrogen and oxygen atoms in total. The quantitative estimate of drug-likeness (QED) is 0.487. The highest BCUT2D eigenvalue weighted by atomic mass is 127. The predicted molar refractivity (Wildman–Crippen MR) is 62.8 cm³/mol. The second-order valence-corrected chi connectivity index (χ2v) is 7.90. The molecule has 1 aliphatic heterocycles. The van der Waals surface area contributed by atoms with E-state index in [0.29, 0.717) is 0 Å². The molecule has 0 fully saturated rings. The molecule has 0 spiro atoms. The number of allylic oxidation sites excluding steroid dienone is 4. The smallest absolute Gasteiger partial charge is 0.115 e. The lowest BCUT2D eigenvalue weighted by Crippen LogP contribution is -2.10. The number of rotatable bonds is 0. The number of nitrogens with zero attached hydrogens (tertiary/aromatic N) is 1. The summed E-state index contributed by atoms with van der Waals surface area (Å²) in [5, 5.41) is 0. The van der Waals surface area contributed by atoms with Crippen LogP contribution in [0.15, 0.2) is 28.1 Å². The first kappa shape index (κ1) is 8.31. The van der Waals surface area contributed by atoms with Crippen LogP contribution in [-0.2, 0) is 0 Å². The maximum absolute atomic E-state index is 4.32. The molecule has 0 aromatic carbocycles. The Bertz CT molecular complexity index is 280. The van der Waals surface area contributed by atoms with Gasteiger partial charge in [0, 0.05) is 4.91 Å². The van der Waals surface area contributed by atoms with Crippen LogP contribution in [0.5, 0.6) is 0 Å². The van der Waals surface area contributed by atoms with Crippen LogP contribution in [0, 0.1) is 0 Å². The molecule has 0 amide bonds. The summed E-state index contributed by atoms with van der Waals surface area (Å²) in [6.07, 6.45) is 6.39. The normalized spacial score (nSPS) is 34.7. The highest BCUT2D eigenvalue weighted by Crippen LogP contribution is 2.39. The molecule has 0 radical (unpaired) electrons. The van der Waals surface area contributed by atoms with E-state index in [2.05, 4.69) is 61.7 Å². The van der Waals surface area contributed by atoms with Crippen LogP contribution < -0.4 is 0 Å².